The second kappa shape index (κ2) is 4.87. The van der Waals surface area contributed by atoms with Crippen LogP contribution in [0.4, 0.5) is 0 Å². The van der Waals surface area contributed by atoms with Gasteiger partial charge in [0.15, 0.2) is 9.84 Å². The zero-order chi connectivity index (χ0) is 13.1. The Morgan fingerprint density at radius 1 is 1.53 bits per heavy atom. The summed E-state index contributed by atoms with van der Waals surface area (Å²) in [6.07, 6.45) is 4.91. The van der Waals surface area contributed by atoms with E-state index in [1.807, 2.05) is 0 Å². The molecule has 1 heterocycles. The average Bonchev–Trinajstić information content (AvgIpc) is 2.68. The third-order valence-corrected chi connectivity index (χ3v) is 4.72. The van der Waals surface area contributed by atoms with Gasteiger partial charge < -0.3 is 10.3 Å². The van der Waals surface area contributed by atoms with Gasteiger partial charge in [0.05, 0.1) is 0 Å². The summed E-state index contributed by atoms with van der Waals surface area (Å²) in [6, 6.07) is 0. The Balaban J connectivity index is 2.50. The lowest BCUT2D eigenvalue weighted by molar-refractivity contribution is -0.122. The van der Waals surface area contributed by atoms with Gasteiger partial charge in [-0.25, -0.2) is 13.4 Å². The summed E-state index contributed by atoms with van der Waals surface area (Å²) in [5, 5.41) is 2.59. The van der Waals surface area contributed by atoms with Gasteiger partial charge in [-0.05, 0) is 13.8 Å². The summed E-state index contributed by atoms with van der Waals surface area (Å²) in [6.45, 7) is 3.14. The number of carbonyl (C=O) groups is 1. The Bertz CT molecular complexity index is 477. The van der Waals surface area contributed by atoms with E-state index in [0.717, 1.165) is 12.1 Å². The largest absolute Gasteiger partial charge is 0.354 e. The van der Waals surface area contributed by atoms with Gasteiger partial charge >= 0.3 is 0 Å². The second-order valence-corrected chi connectivity index (χ2v) is 6.89. The molecule has 1 amide bonds. The third kappa shape index (κ3) is 3.29. The number of amides is 1. The number of hydrogen-bond donors (Lipinski definition) is 2. The van der Waals surface area contributed by atoms with Crippen LogP contribution in [0.2, 0.25) is 0 Å². The van der Waals surface area contributed by atoms with Crippen molar-refractivity contribution in [2.45, 2.75) is 25.0 Å². The van der Waals surface area contributed by atoms with E-state index in [0.29, 0.717) is 13.0 Å². The number of hydrogen-bond acceptors (Lipinski definition) is 4. The van der Waals surface area contributed by atoms with Crippen molar-refractivity contribution in [3.63, 3.8) is 0 Å². The Labute approximate surface area is 101 Å². The minimum atomic E-state index is -3.42. The highest BCUT2D eigenvalue weighted by Gasteiger charge is 2.38. The van der Waals surface area contributed by atoms with E-state index in [2.05, 4.69) is 15.3 Å². The first-order valence-electron chi connectivity index (χ1n) is 5.21. The van der Waals surface area contributed by atoms with Crippen molar-refractivity contribution >= 4 is 15.7 Å². The van der Waals surface area contributed by atoms with Gasteiger partial charge in [-0.15, -0.1) is 0 Å². The quantitative estimate of drug-likeness (QED) is 0.772. The highest BCUT2D eigenvalue weighted by atomic mass is 32.2. The van der Waals surface area contributed by atoms with Crippen LogP contribution in [-0.4, -0.2) is 41.8 Å². The number of aromatic amines is 1. The highest BCUT2D eigenvalue weighted by molar-refractivity contribution is 7.92. The Hall–Kier alpha value is -1.37. The highest BCUT2D eigenvalue weighted by Crippen LogP contribution is 2.14. The van der Waals surface area contributed by atoms with Crippen molar-refractivity contribution in [1.82, 2.24) is 15.3 Å². The smallest absolute Gasteiger partial charge is 0.240 e. The van der Waals surface area contributed by atoms with Crippen molar-refractivity contribution in [2.75, 3.05) is 12.8 Å². The van der Waals surface area contributed by atoms with Crippen molar-refractivity contribution in [2.24, 2.45) is 0 Å². The molecule has 1 aromatic heterocycles. The summed E-state index contributed by atoms with van der Waals surface area (Å²) in [5.74, 6) is 0.258. The number of H-pyrrole nitrogens is 1. The number of nitrogens with one attached hydrogen (secondary N) is 2. The van der Waals surface area contributed by atoms with Gasteiger partial charge in [0.2, 0.25) is 5.91 Å². The van der Waals surface area contributed by atoms with E-state index < -0.39 is 20.5 Å². The number of aromatic nitrogens is 2. The normalized spacial score (nSPS) is 12.4. The molecule has 96 valence electrons. The number of imidazole rings is 1. The molecule has 7 heteroatoms. The van der Waals surface area contributed by atoms with Crippen LogP contribution in [0.3, 0.4) is 0 Å². The van der Waals surface area contributed by atoms with Crippen molar-refractivity contribution in [3.05, 3.63) is 18.2 Å². The van der Waals surface area contributed by atoms with Crippen LogP contribution in [0.5, 0.6) is 0 Å². The molecule has 6 nitrogen and oxygen atoms in total. The molecule has 17 heavy (non-hydrogen) atoms. The van der Waals surface area contributed by atoms with Crippen LogP contribution in [0.1, 0.15) is 19.7 Å². The molecular formula is C10H17N3O3S. The van der Waals surface area contributed by atoms with Crippen molar-refractivity contribution in [3.8, 4) is 0 Å². The molecule has 0 spiro atoms. The molecular weight excluding hydrogens is 242 g/mol. The SMILES string of the molecule is CC(C)(C(=O)NCCc1ncc[nH]1)S(C)(=O)=O. The van der Waals surface area contributed by atoms with Gasteiger partial charge in [-0.1, -0.05) is 0 Å². The third-order valence-electron chi connectivity index (χ3n) is 2.68. The molecule has 0 unspecified atom stereocenters. The molecule has 1 aromatic rings. The zero-order valence-corrected chi connectivity index (χ0v) is 11.0. The van der Waals surface area contributed by atoms with E-state index in [4.69, 9.17) is 0 Å². The van der Waals surface area contributed by atoms with E-state index in [-0.39, 0.29) is 0 Å². The van der Waals surface area contributed by atoms with E-state index in [1.54, 1.807) is 12.4 Å². The molecule has 0 aliphatic rings. The van der Waals surface area contributed by atoms with Gasteiger partial charge in [-0.2, -0.15) is 0 Å². The summed E-state index contributed by atoms with van der Waals surface area (Å²) < 4.78 is 21.4. The lowest BCUT2D eigenvalue weighted by atomic mass is 10.2. The summed E-state index contributed by atoms with van der Waals surface area (Å²) >= 11 is 0. The van der Waals surface area contributed by atoms with E-state index >= 15 is 0 Å². The van der Waals surface area contributed by atoms with Gasteiger partial charge in [-0.3, -0.25) is 4.79 Å². The van der Waals surface area contributed by atoms with Crippen LogP contribution >= 0.6 is 0 Å². The lowest BCUT2D eigenvalue weighted by Crippen LogP contribution is -2.48. The van der Waals surface area contributed by atoms with Crippen LogP contribution in [0.15, 0.2) is 12.4 Å². The maximum absolute atomic E-state index is 11.7. The topological polar surface area (TPSA) is 91.9 Å². The molecule has 0 aliphatic carbocycles. The minimum Gasteiger partial charge on any atom is -0.354 e. The molecule has 0 aliphatic heterocycles. The maximum atomic E-state index is 11.7. The Morgan fingerprint density at radius 3 is 2.65 bits per heavy atom. The first-order valence-corrected chi connectivity index (χ1v) is 7.10. The average molecular weight is 259 g/mol. The first kappa shape index (κ1) is 13.7. The minimum absolute atomic E-state index is 0.352. The maximum Gasteiger partial charge on any atom is 0.240 e. The van der Waals surface area contributed by atoms with Crippen molar-refractivity contribution < 1.29 is 13.2 Å². The molecule has 1 rings (SSSR count). The van der Waals surface area contributed by atoms with Crippen molar-refractivity contribution in [1.29, 1.82) is 0 Å². The van der Waals surface area contributed by atoms with Gasteiger partial charge in [0.25, 0.3) is 0 Å². The summed E-state index contributed by atoms with van der Waals surface area (Å²) in [7, 11) is -3.42. The number of carbonyl (C=O) groups excluding carboxylic acids is 1. The molecule has 0 fully saturated rings. The van der Waals surface area contributed by atoms with Crippen LogP contribution < -0.4 is 5.32 Å². The monoisotopic (exact) mass is 259 g/mol. The Kier molecular flexibility index (Phi) is 3.92. The van der Waals surface area contributed by atoms with Crippen LogP contribution in [0.25, 0.3) is 0 Å². The number of sulfone groups is 1. The molecule has 0 radical (unpaired) electrons. The first-order chi connectivity index (χ1) is 7.75. The Morgan fingerprint density at radius 2 is 2.18 bits per heavy atom. The lowest BCUT2D eigenvalue weighted by Gasteiger charge is -2.21. The molecule has 0 aromatic carbocycles. The van der Waals surface area contributed by atoms with Gasteiger partial charge in [0.1, 0.15) is 10.6 Å². The van der Waals surface area contributed by atoms with Gasteiger partial charge in [0, 0.05) is 31.6 Å². The molecule has 0 saturated heterocycles. The molecule has 2 N–H and O–H groups in total. The standard InChI is InChI=1S/C10H17N3O3S/c1-10(2,17(3,15)16)9(14)13-5-4-8-11-6-7-12-8/h6-7H,4-5H2,1-3H3,(H,11,12)(H,13,14). The molecule has 0 atom stereocenters. The fourth-order valence-corrected chi connectivity index (χ4v) is 1.52. The molecule has 0 bridgehead atoms. The predicted molar refractivity (Wildman–Crippen MR) is 64.2 cm³/mol. The predicted octanol–water partition coefficient (Wildman–Crippen LogP) is -0.108. The fraction of sp³-hybridized carbons (Fsp3) is 0.600. The van der Waals surface area contributed by atoms with Crippen LogP contribution in [0, 0.1) is 0 Å². The van der Waals surface area contributed by atoms with E-state index in [9.17, 15) is 13.2 Å². The second-order valence-electron chi connectivity index (χ2n) is 4.32. The van der Waals surface area contributed by atoms with Crippen LogP contribution in [-0.2, 0) is 21.1 Å². The zero-order valence-electron chi connectivity index (χ0n) is 10.1. The fourth-order valence-electron chi connectivity index (χ4n) is 1.11. The van der Waals surface area contributed by atoms with E-state index in [1.165, 1.54) is 13.8 Å². The summed E-state index contributed by atoms with van der Waals surface area (Å²) in [5.41, 5.74) is 0. The molecule has 0 saturated carbocycles. The number of nitrogens with zero attached hydrogens (tertiary/aromatic N) is 1. The number of rotatable bonds is 5. The summed E-state index contributed by atoms with van der Waals surface area (Å²) in [4.78, 5) is 18.6.